The van der Waals surface area contributed by atoms with Crippen LogP contribution in [-0.4, -0.2) is 22.6 Å². The third-order valence-corrected chi connectivity index (χ3v) is 5.97. The van der Waals surface area contributed by atoms with E-state index in [1.807, 2.05) is 0 Å². The molecule has 2 fully saturated rings. The lowest BCUT2D eigenvalue weighted by Crippen LogP contribution is -2.47. The van der Waals surface area contributed by atoms with Crippen LogP contribution in [0.15, 0.2) is 6.07 Å². The van der Waals surface area contributed by atoms with Gasteiger partial charge in [-0.1, -0.05) is 12.8 Å². The number of piperidine rings is 1. The number of nitrogens with zero attached hydrogens (tertiary/aromatic N) is 3. The van der Waals surface area contributed by atoms with Crippen LogP contribution < -0.4 is 10.6 Å². The van der Waals surface area contributed by atoms with Gasteiger partial charge < -0.3 is 10.6 Å². The minimum absolute atomic E-state index is 0.414. The van der Waals surface area contributed by atoms with Gasteiger partial charge >= 0.3 is 0 Å². The maximum Gasteiger partial charge on any atom is 0.223 e. The minimum atomic E-state index is 0.414. The summed E-state index contributed by atoms with van der Waals surface area (Å²) in [6.07, 6.45) is 8.09. The van der Waals surface area contributed by atoms with Gasteiger partial charge in [-0.15, -0.1) is 11.3 Å². The zero-order valence-electron chi connectivity index (χ0n) is 12.5. The number of thiophene rings is 1. The molecule has 0 spiro atoms. The van der Waals surface area contributed by atoms with Crippen molar-refractivity contribution in [2.75, 3.05) is 17.2 Å². The summed E-state index contributed by atoms with van der Waals surface area (Å²) in [5.74, 6) is 2.34. The Bertz CT molecular complexity index is 664. The van der Waals surface area contributed by atoms with E-state index in [-0.39, 0.29) is 0 Å². The lowest BCUT2D eigenvalue weighted by Gasteiger charge is -2.45. The van der Waals surface area contributed by atoms with Crippen LogP contribution in [0.2, 0.25) is 0 Å². The SMILES string of the molecule is Cc1cc2c(N3CCC[C@H]4CCCC[C@H]43)nc(N)nc2s1. The molecule has 0 aromatic carbocycles. The molecular formula is C16H22N4S. The highest BCUT2D eigenvalue weighted by Gasteiger charge is 2.34. The van der Waals surface area contributed by atoms with E-state index in [1.165, 1.54) is 48.8 Å². The van der Waals surface area contributed by atoms with E-state index in [9.17, 15) is 0 Å². The van der Waals surface area contributed by atoms with Gasteiger partial charge in [-0.2, -0.15) is 4.98 Å². The lowest BCUT2D eigenvalue weighted by molar-refractivity contribution is 0.243. The van der Waals surface area contributed by atoms with Crippen LogP contribution in [0, 0.1) is 12.8 Å². The predicted molar refractivity (Wildman–Crippen MR) is 88.9 cm³/mol. The Kier molecular flexibility index (Phi) is 3.25. The Balaban J connectivity index is 1.80. The molecule has 1 aliphatic heterocycles. The highest BCUT2D eigenvalue weighted by molar-refractivity contribution is 7.18. The topological polar surface area (TPSA) is 55.0 Å². The van der Waals surface area contributed by atoms with E-state index in [2.05, 4.69) is 27.9 Å². The number of fused-ring (bicyclic) bond motifs is 2. The van der Waals surface area contributed by atoms with Crippen LogP contribution in [0.5, 0.6) is 0 Å². The van der Waals surface area contributed by atoms with Crippen molar-refractivity contribution in [2.24, 2.45) is 5.92 Å². The molecule has 4 nitrogen and oxygen atoms in total. The molecule has 2 aromatic heterocycles. The number of aromatic nitrogens is 2. The Morgan fingerprint density at radius 1 is 1.19 bits per heavy atom. The molecule has 0 radical (unpaired) electrons. The molecule has 112 valence electrons. The number of rotatable bonds is 1. The van der Waals surface area contributed by atoms with E-state index < -0.39 is 0 Å². The third-order valence-electron chi connectivity index (χ3n) is 5.03. The van der Waals surface area contributed by atoms with Crippen LogP contribution in [0.25, 0.3) is 10.2 Å². The van der Waals surface area contributed by atoms with E-state index >= 15 is 0 Å². The van der Waals surface area contributed by atoms with Crippen molar-refractivity contribution in [2.45, 2.75) is 51.5 Å². The van der Waals surface area contributed by atoms with E-state index in [0.29, 0.717) is 12.0 Å². The summed E-state index contributed by atoms with van der Waals surface area (Å²) in [6.45, 7) is 3.24. The number of nitrogens with two attached hydrogens (primary N) is 1. The summed E-state index contributed by atoms with van der Waals surface area (Å²) in [5, 5.41) is 1.19. The molecule has 21 heavy (non-hydrogen) atoms. The van der Waals surface area contributed by atoms with Gasteiger partial charge in [0.1, 0.15) is 10.6 Å². The van der Waals surface area contributed by atoms with Crippen LogP contribution in [0.3, 0.4) is 0 Å². The molecule has 5 heteroatoms. The second kappa shape index (κ2) is 5.13. The minimum Gasteiger partial charge on any atom is -0.368 e. The first-order chi connectivity index (χ1) is 10.2. The quantitative estimate of drug-likeness (QED) is 0.872. The summed E-state index contributed by atoms with van der Waals surface area (Å²) in [4.78, 5) is 13.9. The van der Waals surface area contributed by atoms with E-state index in [1.54, 1.807) is 11.3 Å². The van der Waals surface area contributed by atoms with Crippen molar-refractivity contribution in [3.8, 4) is 0 Å². The van der Waals surface area contributed by atoms with Crippen molar-refractivity contribution in [3.05, 3.63) is 10.9 Å². The van der Waals surface area contributed by atoms with Gasteiger partial charge in [0.15, 0.2) is 0 Å². The van der Waals surface area contributed by atoms with Crippen molar-refractivity contribution in [1.29, 1.82) is 0 Å². The first-order valence-electron chi connectivity index (χ1n) is 8.02. The van der Waals surface area contributed by atoms with Gasteiger partial charge in [-0.25, -0.2) is 4.98 Å². The maximum absolute atomic E-state index is 5.97. The molecule has 0 unspecified atom stereocenters. The lowest BCUT2D eigenvalue weighted by atomic mass is 9.78. The Hall–Kier alpha value is -1.36. The highest BCUT2D eigenvalue weighted by Crippen LogP contribution is 2.40. The summed E-state index contributed by atoms with van der Waals surface area (Å²) < 4.78 is 0. The molecule has 4 rings (SSSR count). The monoisotopic (exact) mass is 302 g/mol. The number of hydrogen-bond donors (Lipinski definition) is 1. The number of nitrogen functional groups attached to an aromatic ring is 1. The van der Waals surface area contributed by atoms with Crippen LogP contribution >= 0.6 is 11.3 Å². The molecule has 3 heterocycles. The fourth-order valence-electron chi connectivity index (χ4n) is 4.15. The van der Waals surface area contributed by atoms with Gasteiger partial charge in [0, 0.05) is 17.5 Å². The van der Waals surface area contributed by atoms with Crippen LogP contribution in [0.1, 0.15) is 43.4 Å². The van der Waals surface area contributed by atoms with Crippen LogP contribution in [0.4, 0.5) is 11.8 Å². The summed E-state index contributed by atoms with van der Waals surface area (Å²) >= 11 is 1.72. The fraction of sp³-hybridized carbons (Fsp3) is 0.625. The molecule has 0 bridgehead atoms. The molecule has 1 saturated carbocycles. The molecule has 2 N–H and O–H groups in total. The molecule has 2 aliphatic rings. The highest BCUT2D eigenvalue weighted by atomic mass is 32.1. The van der Waals surface area contributed by atoms with Gasteiger partial charge in [0.05, 0.1) is 5.39 Å². The molecule has 2 aromatic rings. The predicted octanol–water partition coefficient (Wildman–Crippen LogP) is 3.74. The van der Waals surface area contributed by atoms with Crippen molar-refractivity contribution < 1.29 is 0 Å². The van der Waals surface area contributed by atoms with Crippen molar-refractivity contribution >= 4 is 33.3 Å². The number of aryl methyl sites for hydroxylation is 1. The standard InChI is InChI=1S/C16H22N4S/c1-10-9-12-14(18-16(17)19-15(12)21-10)20-8-4-6-11-5-2-3-7-13(11)20/h9,11,13H,2-8H2,1H3,(H2,17,18,19)/t11-,13-/m1/s1. The second-order valence-electron chi connectivity index (χ2n) is 6.43. The number of anilines is 2. The van der Waals surface area contributed by atoms with E-state index in [0.717, 1.165) is 23.1 Å². The Morgan fingerprint density at radius 2 is 2.00 bits per heavy atom. The zero-order valence-corrected chi connectivity index (χ0v) is 13.3. The van der Waals surface area contributed by atoms with Gasteiger partial charge in [-0.05, 0) is 44.6 Å². The van der Waals surface area contributed by atoms with E-state index in [4.69, 9.17) is 5.73 Å². The van der Waals surface area contributed by atoms with Gasteiger partial charge in [-0.3, -0.25) is 0 Å². The van der Waals surface area contributed by atoms with Gasteiger partial charge in [0.25, 0.3) is 0 Å². The molecule has 1 saturated heterocycles. The molecular weight excluding hydrogens is 280 g/mol. The summed E-state index contributed by atoms with van der Waals surface area (Å²) in [5.41, 5.74) is 5.97. The zero-order chi connectivity index (χ0) is 14.4. The molecule has 2 atom stereocenters. The smallest absolute Gasteiger partial charge is 0.223 e. The van der Waals surface area contributed by atoms with Crippen molar-refractivity contribution in [1.82, 2.24) is 9.97 Å². The average molecular weight is 302 g/mol. The second-order valence-corrected chi connectivity index (χ2v) is 7.66. The number of hydrogen-bond acceptors (Lipinski definition) is 5. The molecule has 0 amide bonds. The summed E-state index contributed by atoms with van der Waals surface area (Å²) in [7, 11) is 0. The summed E-state index contributed by atoms with van der Waals surface area (Å²) in [6, 6.07) is 2.88. The van der Waals surface area contributed by atoms with Gasteiger partial charge in [0.2, 0.25) is 5.95 Å². The maximum atomic E-state index is 5.97. The first kappa shape index (κ1) is 13.3. The normalized spacial score (nSPS) is 26.0. The fourth-order valence-corrected chi connectivity index (χ4v) is 5.03. The first-order valence-corrected chi connectivity index (χ1v) is 8.84. The Labute approximate surface area is 129 Å². The average Bonchev–Trinajstić information content (AvgIpc) is 2.86. The third kappa shape index (κ3) is 2.27. The van der Waals surface area contributed by atoms with Crippen molar-refractivity contribution in [3.63, 3.8) is 0 Å². The van der Waals surface area contributed by atoms with Crippen LogP contribution in [-0.2, 0) is 0 Å². The largest absolute Gasteiger partial charge is 0.368 e. The molecule has 1 aliphatic carbocycles. The Morgan fingerprint density at radius 3 is 2.90 bits per heavy atom.